The quantitative estimate of drug-likeness (QED) is 0.704. The van der Waals surface area contributed by atoms with E-state index in [4.69, 9.17) is 8.83 Å². The van der Waals surface area contributed by atoms with Crippen LogP contribution in [0.4, 0.5) is 0 Å². The molecule has 0 radical (unpaired) electrons. The van der Waals surface area contributed by atoms with E-state index in [2.05, 4.69) is 0 Å². The van der Waals surface area contributed by atoms with Crippen LogP contribution in [0.3, 0.4) is 0 Å². The number of furan rings is 2. The van der Waals surface area contributed by atoms with Crippen LogP contribution in [0.5, 0.6) is 0 Å². The standard InChI is InChI=1S/C19H19NO3/c1-14-11-18(15(2)23-14)19(21)20(13-17-9-6-10-22-17)12-16-7-4-3-5-8-16/h3-11H,12-13H2,1-2H3. The van der Waals surface area contributed by atoms with Crippen LogP contribution in [-0.4, -0.2) is 10.8 Å². The first-order valence-electron chi connectivity index (χ1n) is 7.56. The fraction of sp³-hybridized carbons (Fsp3) is 0.211. The molecule has 4 nitrogen and oxygen atoms in total. The molecule has 0 aliphatic carbocycles. The predicted molar refractivity (Wildman–Crippen MR) is 86.9 cm³/mol. The zero-order valence-corrected chi connectivity index (χ0v) is 13.3. The van der Waals surface area contributed by atoms with Crippen molar-refractivity contribution < 1.29 is 13.6 Å². The van der Waals surface area contributed by atoms with Crippen LogP contribution >= 0.6 is 0 Å². The topological polar surface area (TPSA) is 46.6 Å². The highest BCUT2D eigenvalue weighted by Crippen LogP contribution is 2.19. The second-order valence-electron chi connectivity index (χ2n) is 5.55. The lowest BCUT2D eigenvalue weighted by Crippen LogP contribution is -2.30. The van der Waals surface area contributed by atoms with Gasteiger partial charge in [-0.15, -0.1) is 0 Å². The van der Waals surface area contributed by atoms with Crippen LogP contribution in [0, 0.1) is 13.8 Å². The summed E-state index contributed by atoms with van der Waals surface area (Å²) in [6.45, 7) is 4.60. The Bertz CT molecular complexity index is 772. The van der Waals surface area contributed by atoms with E-state index < -0.39 is 0 Å². The second kappa shape index (κ2) is 6.57. The van der Waals surface area contributed by atoms with Crippen LogP contribution in [0.2, 0.25) is 0 Å². The van der Waals surface area contributed by atoms with Crippen molar-refractivity contribution in [3.63, 3.8) is 0 Å². The number of rotatable bonds is 5. The van der Waals surface area contributed by atoms with Gasteiger partial charge >= 0.3 is 0 Å². The normalized spacial score (nSPS) is 10.7. The fourth-order valence-corrected chi connectivity index (χ4v) is 2.61. The summed E-state index contributed by atoms with van der Waals surface area (Å²) < 4.78 is 10.9. The maximum atomic E-state index is 12.9. The molecule has 0 saturated carbocycles. The van der Waals surface area contributed by atoms with Crippen LogP contribution in [0.1, 0.15) is 33.2 Å². The van der Waals surface area contributed by atoms with E-state index in [1.54, 1.807) is 17.2 Å². The van der Waals surface area contributed by atoms with Gasteiger partial charge in [0.25, 0.3) is 5.91 Å². The highest BCUT2D eigenvalue weighted by molar-refractivity contribution is 5.95. The van der Waals surface area contributed by atoms with E-state index in [1.807, 2.05) is 56.3 Å². The minimum Gasteiger partial charge on any atom is -0.467 e. The Morgan fingerprint density at radius 3 is 2.43 bits per heavy atom. The van der Waals surface area contributed by atoms with Crippen LogP contribution < -0.4 is 0 Å². The maximum Gasteiger partial charge on any atom is 0.258 e. The molecule has 2 aromatic heterocycles. The van der Waals surface area contributed by atoms with Gasteiger partial charge in [0, 0.05) is 6.54 Å². The number of hydrogen-bond donors (Lipinski definition) is 0. The summed E-state index contributed by atoms with van der Waals surface area (Å²) in [5.74, 6) is 2.08. The van der Waals surface area contributed by atoms with Gasteiger partial charge in [-0.05, 0) is 37.6 Å². The minimum atomic E-state index is -0.0559. The molecule has 0 spiro atoms. The molecular formula is C19H19NO3. The monoisotopic (exact) mass is 309 g/mol. The molecule has 2 heterocycles. The van der Waals surface area contributed by atoms with Gasteiger partial charge in [-0.25, -0.2) is 0 Å². The molecule has 118 valence electrons. The number of carbonyl (C=O) groups excluding carboxylic acids is 1. The third kappa shape index (κ3) is 3.54. The fourth-order valence-electron chi connectivity index (χ4n) is 2.61. The zero-order valence-electron chi connectivity index (χ0n) is 13.3. The summed E-state index contributed by atoms with van der Waals surface area (Å²) in [6.07, 6.45) is 1.62. The predicted octanol–water partition coefficient (Wildman–Crippen LogP) is 4.33. The van der Waals surface area contributed by atoms with Crippen molar-refractivity contribution in [1.29, 1.82) is 0 Å². The average molecular weight is 309 g/mol. The molecule has 0 N–H and O–H groups in total. The molecule has 1 amide bonds. The van der Waals surface area contributed by atoms with Crippen LogP contribution in [0.15, 0.2) is 63.6 Å². The van der Waals surface area contributed by atoms with E-state index in [9.17, 15) is 4.79 Å². The van der Waals surface area contributed by atoms with E-state index >= 15 is 0 Å². The van der Waals surface area contributed by atoms with Crippen molar-refractivity contribution in [1.82, 2.24) is 4.90 Å². The minimum absolute atomic E-state index is 0.0559. The van der Waals surface area contributed by atoms with Crippen molar-refractivity contribution >= 4 is 5.91 Å². The van der Waals surface area contributed by atoms with E-state index in [0.717, 1.165) is 17.1 Å². The first-order chi connectivity index (χ1) is 11.1. The average Bonchev–Trinajstić information content (AvgIpc) is 3.16. The highest BCUT2D eigenvalue weighted by atomic mass is 16.3. The molecule has 3 aromatic rings. The lowest BCUT2D eigenvalue weighted by atomic mass is 10.1. The Morgan fingerprint density at radius 2 is 1.83 bits per heavy atom. The molecule has 0 atom stereocenters. The number of carbonyl (C=O) groups is 1. The van der Waals surface area contributed by atoms with Gasteiger partial charge in [0.1, 0.15) is 17.3 Å². The maximum absolute atomic E-state index is 12.9. The second-order valence-corrected chi connectivity index (χ2v) is 5.55. The van der Waals surface area contributed by atoms with Crippen molar-refractivity contribution in [2.45, 2.75) is 26.9 Å². The van der Waals surface area contributed by atoms with Gasteiger partial charge in [-0.3, -0.25) is 4.79 Å². The largest absolute Gasteiger partial charge is 0.467 e. The van der Waals surface area contributed by atoms with Gasteiger partial charge < -0.3 is 13.7 Å². The zero-order chi connectivity index (χ0) is 16.2. The summed E-state index contributed by atoms with van der Waals surface area (Å²) in [6, 6.07) is 15.4. The van der Waals surface area contributed by atoms with Crippen molar-refractivity contribution in [3.05, 3.63) is 83.2 Å². The Kier molecular flexibility index (Phi) is 4.33. The van der Waals surface area contributed by atoms with Gasteiger partial charge in [-0.1, -0.05) is 30.3 Å². The van der Waals surface area contributed by atoms with Crippen LogP contribution in [-0.2, 0) is 13.1 Å². The first kappa shape index (κ1) is 15.2. The molecule has 0 aliphatic rings. The molecule has 0 bridgehead atoms. The van der Waals surface area contributed by atoms with Crippen molar-refractivity contribution in [3.8, 4) is 0 Å². The highest BCUT2D eigenvalue weighted by Gasteiger charge is 2.21. The summed E-state index contributed by atoms with van der Waals surface area (Å²) in [5, 5.41) is 0. The SMILES string of the molecule is Cc1cc(C(=O)N(Cc2ccccc2)Cc2ccco2)c(C)o1. The van der Waals surface area contributed by atoms with E-state index in [-0.39, 0.29) is 5.91 Å². The van der Waals surface area contributed by atoms with Gasteiger partial charge in [-0.2, -0.15) is 0 Å². The lowest BCUT2D eigenvalue weighted by Gasteiger charge is -2.21. The van der Waals surface area contributed by atoms with Crippen molar-refractivity contribution in [2.75, 3.05) is 0 Å². The van der Waals surface area contributed by atoms with Gasteiger partial charge in [0.05, 0.1) is 18.4 Å². The van der Waals surface area contributed by atoms with Gasteiger partial charge in [0.2, 0.25) is 0 Å². The number of aryl methyl sites for hydroxylation is 2. The molecule has 4 heteroatoms. The molecule has 0 saturated heterocycles. The third-order valence-electron chi connectivity index (χ3n) is 3.70. The molecule has 1 aromatic carbocycles. The first-order valence-corrected chi connectivity index (χ1v) is 7.56. The van der Waals surface area contributed by atoms with E-state index in [0.29, 0.717) is 24.4 Å². The Hall–Kier alpha value is -2.75. The Labute approximate surface area is 135 Å². The van der Waals surface area contributed by atoms with Gasteiger partial charge in [0.15, 0.2) is 0 Å². The Balaban J connectivity index is 1.87. The molecular weight excluding hydrogens is 290 g/mol. The van der Waals surface area contributed by atoms with Crippen molar-refractivity contribution in [2.24, 2.45) is 0 Å². The summed E-state index contributed by atoms with van der Waals surface area (Å²) >= 11 is 0. The lowest BCUT2D eigenvalue weighted by molar-refractivity contribution is 0.0716. The number of nitrogens with zero attached hydrogens (tertiary/aromatic N) is 1. The summed E-state index contributed by atoms with van der Waals surface area (Å²) in [4.78, 5) is 14.7. The molecule has 0 fully saturated rings. The summed E-state index contributed by atoms with van der Waals surface area (Å²) in [5.41, 5.74) is 1.68. The Morgan fingerprint density at radius 1 is 1.04 bits per heavy atom. The smallest absolute Gasteiger partial charge is 0.258 e. The summed E-state index contributed by atoms with van der Waals surface area (Å²) in [7, 11) is 0. The number of hydrogen-bond acceptors (Lipinski definition) is 3. The number of benzene rings is 1. The number of amides is 1. The van der Waals surface area contributed by atoms with E-state index in [1.165, 1.54) is 0 Å². The third-order valence-corrected chi connectivity index (χ3v) is 3.70. The molecule has 0 unspecified atom stereocenters. The molecule has 3 rings (SSSR count). The molecule has 23 heavy (non-hydrogen) atoms. The molecule has 0 aliphatic heterocycles. The van der Waals surface area contributed by atoms with Crippen LogP contribution in [0.25, 0.3) is 0 Å².